The van der Waals surface area contributed by atoms with E-state index in [2.05, 4.69) is 215 Å². The van der Waals surface area contributed by atoms with E-state index in [1.807, 2.05) is 0 Å². The smallest absolute Gasteiger partial charge is 0.0540 e. The second kappa shape index (κ2) is 14.9. The van der Waals surface area contributed by atoms with E-state index in [9.17, 15) is 0 Å². The summed E-state index contributed by atoms with van der Waals surface area (Å²) in [7, 11) is 0. The lowest BCUT2D eigenvalue weighted by Gasteiger charge is -2.32. The maximum atomic E-state index is 2.53. The summed E-state index contributed by atoms with van der Waals surface area (Å²) in [6.07, 6.45) is 6.51. The van der Waals surface area contributed by atoms with Gasteiger partial charge in [-0.05, 0) is 122 Å². The summed E-state index contributed by atoms with van der Waals surface area (Å²) in [6, 6.07) is 68.6. The molecule has 0 heterocycles. The molecular formula is C58H53N. The highest BCUT2D eigenvalue weighted by molar-refractivity contribution is 6.04. The number of benzene rings is 8. The van der Waals surface area contributed by atoms with E-state index < -0.39 is 0 Å². The van der Waals surface area contributed by atoms with Crippen molar-refractivity contribution in [1.82, 2.24) is 0 Å². The molecule has 0 spiro atoms. The van der Waals surface area contributed by atoms with Crippen molar-refractivity contribution in [2.45, 2.75) is 76.5 Å². The Bertz CT molecular complexity index is 2790. The molecule has 0 N–H and O–H groups in total. The molecule has 1 saturated carbocycles. The van der Waals surface area contributed by atoms with Gasteiger partial charge in [-0.2, -0.15) is 0 Å². The Labute approximate surface area is 351 Å². The van der Waals surface area contributed by atoms with E-state index in [0.29, 0.717) is 5.92 Å². The van der Waals surface area contributed by atoms with E-state index >= 15 is 0 Å². The van der Waals surface area contributed by atoms with E-state index in [-0.39, 0.29) is 10.8 Å². The van der Waals surface area contributed by atoms with Gasteiger partial charge in [0.05, 0.1) is 11.4 Å². The quantitative estimate of drug-likeness (QED) is 0.156. The fourth-order valence-corrected chi connectivity index (χ4v) is 10.4. The van der Waals surface area contributed by atoms with Gasteiger partial charge in [0, 0.05) is 22.2 Å². The fraction of sp³-hybridized carbons (Fsp3) is 0.207. The van der Waals surface area contributed by atoms with Crippen LogP contribution < -0.4 is 4.90 Å². The molecule has 1 nitrogen and oxygen atoms in total. The Morgan fingerprint density at radius 3 is 1.81 bits per heavy atom. The van der Waals surface area contributed by atoms with Crippen LogP contribution in [0.5, 0.6) is 0 Å². The Balaban J connectivity index is 1.19. The van der Waals surface area contributed by atoms with Gasteiger partial charge in [-0.15, -0.1) is 0 Å². The topological polar surface area (TPSA) is 3.24 Å². The van der Waals surface area contributed by atoms with Crippen LogP contribution in [0.2, 0.25) is 0 Å². The summed E-state index contributed by atoms with van der Waals surface area (Å²) in [6.45, 7) is 9.30. The number of hydrogen-bond donors (Lipinski definition) is 0. The maximum Gasteiger partial charge on any atom is 0.0540 e. The van der Waals surface area contributed by atoms with Crippen molar-refractivity contribution in [3.8, 4) is 33.4 Å². The summed E-state index contributed by atoms with van der Waals surface area (Å²) >= 11 is 0. The molecule has 10 rings (SSSR count). The van der Waals surface area contributed by atoms with Crippen molar-refractivity contribution in [3.05, 3.63) is 210 Å². The Hall–Kier alpha value is -6.18. The molecule has 290 valence electrons. The first kappa shape index (κ1) is 37.1. The van der Waals surface area contributed by atoms with Gasteiger partial charge in [0.15, 0.2) is 0 Å². The van der Waals surface area contributed by atoms with Crippen LogP contribution in [0.1, 0.15) is 93.5 Å². The van der Waals surface area contributed by atoms with Crippen molar-refractivity contribution < 1.29 is 0 Å². The van der Waals surface area contributed by atoms with Crippen molar-refractivity contribution in [2.75, 3.05) is 4.90 Å². The number of fused-ring (bicyclic) bond motifs is 4. The lowest BCUT2D eigenvalue weighted by molar-refractivity contribution is 0.445. The van der Waals surface area contributed by atoms with Crippen molar-refractivity contribution in [2.24, 2.45) is 0 Å². The highest BCUT2D eigenvalue weighted by atomic mass is 15.1. The fourth-order valence-electron chi connectivity index (χ4n) is 10.4. The lowest BCUT2D eigenvalue weighted by Crippen LogP contribution is -2.22. The zero-order valence-corrected chi connectivity index (χ0v) is 34.9. The molecule has 1 heteroatoms. The van der Waals surface area contributed by atoms with Crippen LogP contribution in [-0.4, -0.2) is 0 Å². The van der Waals surface area contributed by atoms with Crippen LogP contribution in [0.25, 0.3) is 44.2 Å². The van der Waals surface area contributed by atoms with E-state index in [0.717, 1.165) is 11.4 Å². The molecule has 0 aromatic heterocycles. The average molecular weight is 764 g/mol. The van der Waals surface area contributed by atoms with Gasteiger partial charge in [0.25, 0.3) is 0 Å². The first-order valence-electron chi connectivity index (χ1n) is 21.7. The SMILES string of the molecule is CC(C)(C)c1ccc(N(c2ccccc2-c2ccc3c(c2)C(C)(c2ccccc2)c2ccccc2-3)c2ccccc2-c2cccc3cccc(C4CCCCC4)c23)cc1. The van der Waals surface area contributed by atoms with Gasteiger partial charge < -0.3 is 4.90 Å². The molecule has 59 heavy (non-hydrogen) atoms. The largest absolute Gasteiger partial charge is 0.309 e. The Morgan fingerprint density at radius 2 is 1.08 bits per heavy atom. The second-order valence-corrected chi connectivity index (χ2v) is 18.0. The molecule has 0 aliphatic heterocycles. The summed E-state index contributed by atoms with van der Waals surface area (Å²) in [5, 5.41) is 2.73. The van der Waals surface area contributed by atoms with E-state index in [4.69, 9.17) is 0 Å². The molecule has 8 aromatic carbocycles. The summed E-state index contributed by atoms with van der Waals surface area (Å²) in [4.78, 5) is 2.53. The minimum Gasteiger partial charge on any atom is -0.309 e. The number of rotatable bonds is 7. The van der Waals surface area contributed by atoms with Crippen LogP contribution in [-0.2, 0) is 10.8 Å². The van der Waals surface area contributed by atoms with Crippen LogP contribution in [0.15, 0.2) is 182 Å². The third kappa shape index (κ3) is 6.39. The highest BCUT2D eigenvalue weighted by Crippen LogP contribution is 2.54. The monoisotopic (exact) mass is 763 g/mol. The van der Waals surface area contributed by atoms with Crippen LogP contribution in [0, 0.1) is 0 Å². The number of para-hydroxylation sites is 2. The summed E-state index contributed by atoms with van der Waals surface area (Å²) in [5.74, 6) is 0.593. The predicted octanol–water partition coefficient (Wildman–Crippen LogP) is 16.3. The molecule has 2 aliphatic rings. The third-order valence-corrected chi connectivity index (χ3v) is 13.5. The zero-order chi connectivity index (χ0) is 40.1. The number of anilines is 3. The lowest BCUT2D eigenvalue weighted by atomic mass is 9.74. The first-order chi connectivity index (χ1) is 28.8. The molecule has 1 fully saturated rings. The molecule has 1 atom stereocenters. The van der Waals surface area contributed by atoms with E-state index in [1.54, 1.807) is 0 Å². The minimum atomic E-state index is -0.280. The van der Waals surface area contributed by atoms with Gasteiger partial charge in [-0.3, -0.25) is 0 Å². The van der Waals surface area contributed by atoms with Gasteiger partial charge in [0.1, 0.15) is 0 Å². The number of nitrogens with zero attached hydrogens (tertiary/aromatic N) is 1. The Morgan fingerprint density at radius 1 is 0.492 bits per heavy atom. The molecule has 0 radical (unpaired) electrons. The standard InChI is InChI=1S/C58H53N/c1-57(2,3)43-34-36-45(37-35-43)59(55-32-16-13-27-50(55)51-29-18-22-41-21-17-28-47(56(41)51)40-19-7-5-8-20-40)54-31-15-12-25-46(54)42-33-38-49-48-26-11-14-30-52(48)58(4,53(49)39-42)44-23-9-6-10-24-44/h6,9-18,21-40H,5,7-8,19-20H2,1-4H3. The summed E-state index contributed by atoms with van der Waals surface area (Å²) < 4.78 is 0. The van der Waals surface area contributed by atoms with Crippen molar-refractivity contribution in [3.63, 3.8) is 0 Å². The van der Waals surface area contributed by atoms with Crippen LogP contribution in [0.4, 0.5) is 17.1 Å². The highest BCUT2D eigenvalue weighted by Gasteiger charge is 2.41. The molecule has 0 bridgehead atoms. The molecule has 2 aliphatic carbocycles. The minimum absolute atomic E-state index is 0.0467. The van der Waals surface area contributed by atoms with Gasteiger partial charge >= 0.3 is 0 Å². The normalized spacial score (nSPS) is 16.5. The van der Waals surface area contributed by atoms with E-state index in [1.165, 1.54) is 110 Å². The van der Waals surface area contributed by atoms with Crippen molar-refractivity contribution >= 4 is 27.8 Å². The third-order valence-electron chi connectivity index (χ3n) is 13.5. The zero-order valence-electron chi connectivity index (χ0n) is 34.9. The predicted molar refractivity (Wildman–Crippen MR) is 251 cm³/mol. The molecule has 0 amide bonds. The number of hydrogen-bond acceptors (Lipinski definition) is 1. The first-order valence-corrected chi connectivity index (χ1v) is 21.7. The molecule has 0 saturated heterocycles. The molecule has 1 unspecified atom stereocenters. The van der Waals surface area contributed by atoms with Crippen molar-refractivity contribution in [1.29, 1.82) is 0 Å². The maximum absolute atomic E-state index is 2.53. The van der Waals surface area contributed by atoms with Crippen LogP contribution in [0.3, 0.4) is 0 Å². The molecular weight excluding hydrogens is 711 g/mol. The second-order valence-electron chi connectivity index (χ2n) is 18.0. The average Bonchev–Trinajstić information content (AvgIpc) is 3.55. The van der Waals surface area contributed by atoms with Gasteiger partial charge in [0.2, 0.25) is 0 Å². The van der Waals surface area contributed by atoms with Crippen LogP contribution >= 0.6 is 0 Å². The van der Waals surface area contributed by atoms with Gasteiger partial charge in [-0.1, -0.05) is 192 Å². The van der Waals surface area contributed by atoms with Gasteiger partial charge in [-0.25, -0.2) is 0 Å². The molecule has 8 aromatic rings. The summed E-state index contributed by atoms with van der Waals surface area (Å²) in [5.41, 5.74) is 17.7. The Kier molecular flexibility index (Phi) is 9.36.